The maximum Gasteiger partial charge on any atom is 0.315 e. The summed E-state index contributed by atoms with van der Waals surface area (Å²) in [6.45, 7) is 2.48. The Kier molecular flexibility index (Phi) is 13.3. The topological polar surface area (TPSA) is 146 Å². The Morgan fingerprint density at radius 1 is 0.933 bits per heavy atom. The molecule has 0 aromatic heterocycles. The molecule has 242 valence electrons. The number of rotatable bonds is 18. The summed E-state index contributed by atoms with van der Waals surface area (Å²) in [6, 6.07) is 15.9. The molecule has 2 fully saturated rings. The number of hydrogen-bond acceptors (Lipinski definition) is 6. The third-order valence-electron chi connectivity index (χ3n) is 8.26. The zero-order valence-electron chi connectivity index (χ0n) is 25.9. The molecule has 4 rings (SSSR count). The van der Waals surface area contributed by atoms with Crippen molar-refractivity contribution >= 4 is 41.8 Å². The molecular formula is C34H45N5O5S. The normalized spacial score (nSPS) is 19.8. The molecule has 5 N–H and O–H groups in total. The Morgan fingerprint density at radius 2 is 1.71 bits per heavy atom. The summed E-state index contributed by atoms with van der Waals surface area (Å²) in [4.78, 5) is 61.7. The fraction of sp³-hybridized carbons (Fsp3) is 0.500. The van der Waals surface area contributed by atoms with Crippen molar-refractivity contribution in [3.63, 3.8) is 0 Å². The third-order valence-corrected chi connectivity index (χ3v) is 9.76. The van der Waals surface area contributed by atoms with Crippen molar-refractivity contribution < 1.29 is 24.0 Å². The molecule has 5 amide bonds. The first-order valence-corrected chi connectivity index (χ1v) is 17.0. The molecule has 2 aliphatic rings. The van der Waals surface area contributed by atoms with E-state index in [2.05, 4.69) is 26.6 Å². The molecule has 2 heterocycles. The Bertz CT molecular complexity index is 1290. The molecule has 2 aromatic rings. The Hall–Kier alpha value is -3.86. The van der Waals surface area contributed by atoms with Crippen LogP contribution in [-0.2, 0) is 32.0 Å². The quantitative estimate of drug-likeness (QED) is 0.0968. The van der Waals surface area contributed by atoms with E-state index in [0.717, 1.165) is 48.0 Å². The van der Waals surface area contributed by atoms with Crippen LogP contribution < -0.4 is 26.6 Å². The molecule has 5 atom stereocenters. The predicted octanol–water partition coefficient (Wildman–Crippen LogP) is 2.96. The smallest absolute Gasteiger partial charge is 0.315 e. The summed E-state index contributed by atoms with van der Waals surface area (Å²) in [5.41, 5.74) is 2.86. The lowest BCUT2D eigenvalue weighted by atomic mass is 10.0. The number of carbonyl (C=O) groups excluding carboxylic acids is 5. The van der Waals surface area contributed by atoms with Crippen molar-refractivity contribution in [3.05, 3.63) is 71.3 Å². The van der Waals surface area contributed by atoms with Gasteiger partial charge in [0.15, 0.2) is 0 Å². The molecule has 2 aromatic carbocycles. The van der Waals surface area contributed by atoms with Gasteiger partial charge >= 0.3 is 6.03 Å². The fourth-order valence-electron chi connectivity index (χ4n) is 5.73. The molecule has 0 aliphatic carbocycles. The minimum atomic E-state index is -0.825. The number of benzene rings is 2. The second-order valence-corrected chi connectivity index (χ2v) is 13.2. The summed E-state index contributed by atoms with van der Waals surface area (Å²) in [7, 11) is 0. The van der Waals surface area contributed by atoms with Crippen molar-refractivity contribution in [1.82, 2.24) is 26.6 Å². The lowest BCUT2D eigenvalue weighted by Gasteiger charge is -2.21. The molecule has 2 aliphatic heterocycles. The van der Waals surface area contributed by atoms with Crippen LogP contribution in [0.1, 0.15) is 61.6 Å². The van der Waals surface area contributed by atoms with Crippen LogP contribution in [0.3, 0.4) is 0 Å². The fourth-order valence-corrected chi connectivity index (χ4v) is 7.28. The number of aldehydes is 1. The molecule has 0 saturated carbocycles. The first kappa shape index (κ1) is 34.0. The van der Waals surface area contributed by atoms with Gasteiger partial charge < -0.3 is 31.4 Å². The largest absolute Gasteiger partial charge is 0.356 e. The zero-order chi connectivity index (χ0) is 32.0. The van der Waals surface area contributed by atoms with Gasteiger partial charge in [-0.25, -0.2) is 4.79 Å². The minimum absolute atomic E-state index is 0.00756. The van der Waals surface area contributed by atoms with E-state index < -0.39 is 18.0 Å². The van der Waals surface area contributed by atoms with Gasteiger partial charge in [-0.05, 0) is 50.2 Å². The summed E-state index contributed by atoms with van der Waals surface area (Å²) in [6.07, 6.45) is 6.11. The lowest BCUT2D eigenvalue weighted by Crippen LogP contribution is -2.51. The van der Waals surface area contributed by atoms with Gasteiger partial charge in [0.05, 0.1) is 24.5 Å². The molecule has 0 spiro atoms. The van der Waals surface area contributed by atoms with Gasteiger partial charge in [0.2, 0.25) is 17.7 Å². The van der Waals surface area contributed by atoms with Crippen molar-refractivity contribution in [3.8, 4) is 0 Å². The van der Waals surface area contributed by atoms with Gasteiger partial charge in [0.25, 0.3) is 0 Å². The third kappa shape index (κ3) is 11.2. The number of amides is 5. The Labute approximate surface area is 269 Å². The number of hydrogen-bond donors (Lipinski definition) is 5. The molecule has 0 bridgehead atoms. The summed E-state index contributed by atoms with van der Waals surface area (Å²) in [5.74, 6) is 0.273. The van der Waals surface area contributed by atoms with Crippen molar-refractivity contribution in [2.45, 2.75) is 94.1 Å². The van der Waals surface area contributed by atoms with Crippen LogP contribution in [-0.4, -0.2) is 71.8 Å². The summed E-state index contributed by atoms with van der Waals surface area (Å²) >= 11 is 1.88. The van der Waals surface area contributed by atoms with Gasteiger partial charge in [-0.2, -0.15) is 11.8 Å². The predicted molar refractivity (Wildman–Crippen MR) is 176 cm³/mol. The number of aryl methyl sites for hydroxylation is 1. The van der Waals surface area contributed by atoms with E-state index in [1.807, 2.05) is 73.3 Å². The first-order chi connectivity index (χ1) is 21.8. The second kappa shape index (κ2) is 17.6. The number of thioether (sulfide) groups is 1. The second-order valence-electron chi connectivity index (χ2n) is 11.9. The lowest BCUT2D eigenvalue weighted by molar-refractivity contribution is -0.129. The average molecular weight is 636 g/mol. The molecular weight excluding hydrogens is 590 g/mol. The molecule has 11 heteroatoms. The first-order valence-electron chi connectivity index (χ1n) is 15.9. The Balaban J connectivity index is 1.13. The number of unbranched alkanes of at least 4 members (excludes halogenated alkanes) is 2. The summed E-state index contributed by atoms with van der Waals surface area (Å²) < 4.78 is 0. The highest BCUT2D eigenvalue weighted by atomic mass is 32.2. The number of urea groups is 1. The van der Waals surface area contributed by atoms with Gasteiger partial charge in [0, 0.05) is 30.4 Å². The van der Waals surface area contributed by atoms with Crippen LogP contribution in [0.25, 0.3) is 0 Å². The van der Waals surface area contributed by atoms with Crippen LogP contribution in [0.2, 0.25) is 0 Å². The van der Waals surface area contributed by atoms with Gasteiger partial charge in [-0.3, -0.25) is 14.4 Å². The highest BCUT2D eigenvalue weighted by molar-refractivity contribution is 8.00. The molecule has 2 saturated heterocycles. The van der Waals surface area contributed by atoms with E-state index in [4.69, 9.17) is 0 Å². The van der Waals surface area contributed by atoms with Crippen molar-refractivity contribution in [2.24, 2.45) is 0 Å². The highest BCUT2D eigenvalue weighted by Crippen LogP contribution is 2.33. The number of nitrogens with one attached hydrogen (secondary N) is 5. The van der Waals surface area contributed by atoms with E-state index in [1.54, 1.807) is 0 Å². The van der Waals surface area contributed by atoms with Crippen molar-refractivity contribution in [1.29, 1.82) is 0 Å². The van der Waals surface area contributed by atoms with E-state index in [-0.39, 0.29) is 36.3 Å². The maximum absolute atomic E-state index is 13.2. The van der Waals surface area contributed by atoms with Gasteiger partial charge in [0.1, 0.15) is 12.3 Å². The Morgan fingerprint density at radius 3 is 2.47 bits per heavy atom. The van der Waals surface area contributed by atoms with Crippen LogP contribution in [0, 0.1) is 6.92 Å². The molecule has 0 radical (unpaired) electrons. The zero-order valence-corrected chi connectivity index (χ0v) is 26.7. The summed E-state index contributed by atoms with van der Waals surface area (Å²) in [5, 5.41) is 14.9. The SMILES string of the molecule is Cc1ccc(CC(=O)N[C@@H](Cc2ccccc2)C(=O)N[C@H](C=O)CCCCNC(=O)CCCC[C@@H]2SC[C@@H]3NC(=O)N[C@@H]32)cc1. The van der Waals surface area contributed by atoms with E-state index in [0.29, 0.717) is 43.9 Å². The molecule has 45 heavy (non-hydrogen) atoms. The average Bonchev–Trinajstić information content (AvgIpc) is 3.58. The minimum Gasteiger partial charge on any atom is -0.356 e. The molecule has 0 unspecified atom stereocenters. The van der Waals surface area contributed by atoms with E-state index in [9.17, 15) is 24.0 Å². The van der Waals surface area contributed by atoms with E-state index in [1.165, 1.54) is 0 Å². The highest BCUT2D eigenvalue weighted by Gasteiger charge is 2.42. The van der Waals surface area contributed by atoms with Crippen molar-refractivity contribution in [2.75, 3.05) is 12.3 Å². The van der Waals surface area contributed by atoms with E-state index >= 15 is 0 Å². The van der Waals surface area contributed by atoms with Crippen LogP contribution in [0.4, 0.5) is 4.79 Å². The van der Waals surface area contributed by atoms with Crippen LogP contribution >= 0.6 is 11.8 Å². The monoisotopic (exact) mass is 635 g/mol. The standard InChI is InChI=1S/C34H45N5O5S/c1-23-14-16-25(17-15-23)20-31(42)37-27(19-24-9-3-2-4-10-24)33(43)36-26(21-40)11-7-8-18-35-30(41)13-6-5-12-29-32-28(22-45-29)38-34(44)39-32/h2-4,9-10,14-17,21,26-29,32H,5-8,11-13,18-20,22H2,1H3,(H,35,41)(H,36,43)(H,37,42)(H2,38,39,44)/t26-,27-,28-,29-,32-/m0/s1. The van der Waals surface area contributed by atoms with Gasteiger partial charge in [-0.1, -0.05) is 66.6 Å². The maximum atomic E-state index is 13.2. The van der Waals surface area contributed by atoms with Crippen LogP contribution in [0.5, 0.6) is 0 Å². The van der Waals surface area contributed by atoms with Gasteiger partial charge in [-0.15, -0.1) is 0 Å². The van der Waals surface area contributed by atoms with Crippen LogP contribution in [0.15, 0.2) is 54.6 Å². The molecule has 10 nitrogen and oxygen atoms in total. The number of carbonyl (C=O) groups is 5. The number of fused-ring (bicyclic) bond motifs is 1.